The van der Waals surface area contributed by atoms with E-state index in [0.717, 1.165) is 57.7 Å². The molecule has 2 aliphatic carbocycles. The molecule has 3 aliphatic rings. The Morgan fingerprint density at radius 1 is 0.960 bits per heavy atom. The van der Waals surface area contributed by atoms with Crippen molar-refractivity contribution in [1.29, 1.82) is 0 Å². The summed E-state index contributed by atoms with van der Waals surface area (Å²) >= 11 is 0. The first kappa shape index (κ1) is 23.0. The van der Waals surface area contributed by atoms with E-state index in [1.807, 2.05) is 0 Å². The molecule has 1 aliphatic heterocycles. The predicted molar refractivity (Wildman–Crippen MR) is 109 cm³/mol. The van der Waals surface area contributed by atoms with Crippen LogP contribution in [-0.2, 0) is 4.79 Å². The highest BCUT2D eigenvalue weighted by atomic mass is 35.5. The van der Waals surface area contributed by atoms with Gasteiger partial charge in [-0.25, -0.2) is 0 Å². The number of nitrogens with zero attached hydrogens (tertiary/aromatic N) is 1. The second-order valence-corrected chi connectivity index (χ2v) is 8.41. The number of nitrogens with two attached hydrogens (primary N) is 1. The van der Waals surface area contributed by atoms with E-state index < -0.39 is 0 Å². The van der Waals surface area contributed by atoms with Crippen molar-refractivity contribution in [1.82, 2.24) is 10.2 Å². The van der Waals surface area contributed by atoms with Gasteiger partial charge in [-0.2, -0.15) is 0 Å². The minimum atomic E-state index is -0.314. The molecule has 1 saturated heterocycles. The highest BCUT2D eigenvalue weighted by Crippen LogP contribution is 2.32. The molecule has 0 aromatic heterocycles. The van der Waals surface area contributed by atoms with Crippen molar-refractivity contribution in [2.75, 3.05) is 13.1 Å². The average Bonchev–Trinajstić information content (AvgIpc) is 2.56. The van der Waals surface area contributed by atoms with Crippen LogP contribution in [0.2, 0.25) is 0 Å². The Morgan fingerprint density at radius 2 is 1.56 bits per heavy atom. The van der Waals surface area contributed by atoms with Crippen LogP contribution >= 0.6 is 24.8 Å². The number of rotatable bonds is 3. The molecule has 0 bridgehead atoms. The van der Waals surface area contributed by atoms with Crippen molar-refractivity contribution in [3.63, 3.8) is 0 Å². The van der Waals surface area contributed by atoms with Crippen LogP contribution in [0.5, 0.6) is 0 Å². The monoisotopic (exact) mass is 393 g/mol. The van der Waals surface area contributed by atoms with Crippen LogP contribution in [0.1, 0.15) is 77.6 Å². The van der Waals surface area contributed by atoms with Gasteiger partial charge in [0.2, 0.25) is 5.91 Å². The van der Waals surface area contributed by atoms with Crippen LogP contribution < -0.4 is 11.1 Å². The Balaban J connectivity index is 0.00000156. The summed E-state index contributed by atoms with van der Waals surface area (Å²) in [5.41, 5.74) is 6.06. The van der Waals surface area contributed by atoms with E-state index in [9.17, 15) is 4.79 Å². The molecule has 3 N–H and O–H groups in total. The van der Waals surface area contributed by atoms with Gasteiger partial charge < -0.3 is 16.0 Å². The molecule has 0 spiro atoms. The van der Waals surface area contributed by atoms with Gasteiger partial charge in [0.05, 0.1) is 5.92 Å². The molecule has 25 heavy (non-hydrogen) atoms. The number of nitrogens with one attached hydrogen (secondary N) is 1. The number of carbonyl (C=O) groups excluding carboxylic acids is 1. The quantitative estimate of drug-likeness (QED) is 0.768. The zero-order chi connectivity index (χ0) is 16.3. The van der Waals surface area contributed by atoms with Crippen LogP contribution in [0.15, 0.2) is 0 Å². The summed E-state index contributed by atoms with van der Waals surface area (Å²) in [6.07, 6.45) is 13.4. The first-order chi connectivity index (χ1) is 11.1. The molecular weight excluding hydrogens is 357 g/mol. The Labute approximate surface area is 165 Å². The van der Waals surface area contributed by atoms with Crippen molar-refractivity contribution >= 4 is 30.7 Å². The van der Waals surface area contributed by atoms with Crippen LogP contribution in [-0.4, -0.2) is 41.5 Å². The van der Waals surface area contributed by atoms with Gasteiger partial charge in [0.15, 0.2) is 0 Å². The average molecular weight is 394 g/mol. The van der Waals surface area contributed by atoms with Crippen LogP contribution in [0.3, 0.4) is 0 Å². The first-order valence-electron chi connectivity index (χ1n) is 9.89. The van der Waals surface area contributed by atoms with Gasteiger partial charge in [-0.15, -0.1) is 24.8 Å². The third-order valence-corrected chi connectivity index (χ3v) is 6.54. The molecule has 2 saturated carbocycles. The van der Waals surface area contributed by atoms with E-state index >= 15 is 0 Å². The molecule has 3 fully saturated rings. The summed E-state index contributed by atoms with van der Waals surface area (Å²) in [7, 11) is 0. The number of piperidine rings is 1. The fourth-order valence-corrected chi connectivity index (χ4v) is 4.95. The maximum Gasteiger partial charge on any atom is 0.225 e. The summed E-state index contributed by atoms with van der Waals surface area (Å²) in [4.78, 5) is 15.3. The standard InChI is InChI=1S/C19H35N3O.2ClH/c1-19(20)12-6-5-9-17(19)18(23)21-15-10-13-22(14-11-15)16-7-3-2-4-8-16;;/h15-17H,2-14,20H2,1H3,(H,21,23);2*1H. The van der Waals surface area contributed by atoms with Crippen LogP contribution in [0.4, 0.5) is 0 Å². The summed E-state index contributed by atoms with van der Waals surface area (Å²) in [6, 6.07) is 1.17. The molecular formula is C19H37Cl2N3O. The van der Waals surface area contributed by atoms with Crippen molar-refractivity contribution in [2.45, 2.75) is 95.2 Å². The molecule has 4 nitrogen and oxygen atoms in total. The smallest absolute Gasteiger partial charge is 0.225 e. The van der Waals surface area contributed by atoms with Gasteiger partial charge in [0.1, 0.15) is 0 Å². The SMILES string of the molecule is CC1(N)CCCCC1C(=O)NC1CCN(C2CCCCC2)CC1.Cl.Cl. The number of halogens is 2. The topological polar surface area (TPSA) is 58.4 Å². The van der Waals surface area contributed by atoms with Gasteiger partial charge in [-0.05, 0) is 45.4 Å². The third-order valence-electron chi connectivity index (χ3n) is 6.54. The molecule has 1 heterocycles. The second kappa shape index (κ2) is 10.3. The predicted octanol–water partition coefficient (Wildman–Crippen LogP) is 3.65. The second-order valence-electron chi connectivity index (χ2n) is 8.41. The molecule has 2 unspecified atom stereocenters. The highest BCUT2D eigenvalue weighted by molar-refractivity contribution is 5.85. The van der Waals surface area contributed by atoms with Gasteiger partial charge in [0.25, 0.3) is 0 Å². The molecule has 6 heteroatoms. The fraction of sp³-hybridized carbons (Fsp3) is 0.947. The van der Waals surface area contributed by atoms with Gasteiger partial charge in [0, 0.05) is 30.7 Å². The van der Waals surface area contributed by atoms with E-state index in [0.29, 0.717) is 6.04 Å². The Morgan fingerprint density at radius 3 is 2.16 bits per heavy atom. The largest absolute Gasteiger partial charge is 0.353 e. The fourth-order valence-electron chi connectivity index (χ4n) is 4.95. The summed E-state index contributed by atoms with van der Waals surface area (Å²) in [5.74, 6) is 0.221. The zero-order valence-corrected chi connectivity index (χ0v) is 17.3. The minimum Gasteiger partial charge on any atom is -0.353 e. The molecule has 0 radical (unpaired) electrons. The van der Waals surface area contributed by atoms with Crippen molar-refractivity contribution < 1.29 is 4.79 Å². The van der Waals surface area contributed by atoms with Gasteiger partial charge >= 0.3 is 0 Å². The van der Waals surface area contributed by atoms with Crippen LogP contribution in [0, 0.1) is 5.92 Å². The molecule has 0 aromatic rings. The molecule has 148 valence electrons. The van der Waals surface area contributed by atoms with Crippen LogP contribution in [0.25, 0.3) is 0 Å². The Kier molecular flexibility index (Phi) is 9.52. The molecule has 3 rings (SSSR count). The number of hydrogen-bond donors (Lipinski definition) is 2. The normalized spacial score (nSPS) is 32.3. The number of likely N-dealkylation sites (tertiary alicyclic amines) is 1. The number of carbonyl (C=O) groups is 1. The van der Waals surface area contributed by atoms with Crippen molar-refractivity contribution in [2.24, 2.45) is 11.7 Å². The maximum atomic E-state index is 12.7. The van der Waals surface area contributed by atoms with Gasteiger partial charge in [-0.3, -0.25) is 4.79 Å². The Bertz CT molecular complexity index is 405. The zero-order valence-electron chi connectivity index (χ0n) is 15.7. The summed E-state index contributed by atoms with van der Waals surface area (Å²) in [5, 5.41) is 3.32. The molecule has 1 amide bonds. The lowest BCUT2D eigenvalue weighted by Crippen LogP contribution is -2.55. The van der Waals surface area contributed by atoms with Crippen molar-refractivity contribution in [3.8, 4) is 0 Å². The maximum absolute atomic E-state index is 12.7. The van der Waals surface area contributed by atoms with Gasteiger partial charge in [-0.1, -0.05) is 32.1 Å². The van der Waals surface area contributed by atoms with E-state index in [1.54, 1.807) is 0 Å². The molecule has 0 aromatic carbocycles. The minimum absolute atomic E-state index is 0. The number of hydrogen-bond acceptors (Lipinski definition) is 3. The van der Waals surface area contributed by atoms with E-state index in [1.165, 1.54) is 32.1 Å². The lowest BCUT2D eigenvalue weighted by atomic mass is 9.74. The van der Waals surface area contributed by atoms with E-state index in [-0.39, 0.29) is 42.2 Å². The third kappa shape index (κ3) is 5.98. The summed E-state index contributed by atoms with van der Waals surface area (Å²) in [6.45, 7) is 4.36. The molecule has 2 atom stereocenters. The Hall–Kier alpha value is -0.0300. The lowest BCUT2D eigenvalue weighted by Gasteiger charge is -2.41. The summed E-state index contributed by atoms with van der Waals surface area (Å²) < 4.78 is 0. The lowest BCUT2D eigenvalue weighted by molar-refractivity contribution is -0.129. The van der Waals surface area contributed by atoms with Crippen molar-refractivity contribution in [3.05, 3.63) is 0 Å². The van der Waals surface area contributed by atoms with E-state index in [4.69, 9.17) is 5.73 Å². The number of amides is 1. The van der Waals surface area contributed by atoms with E-state index in [2.05, 4.69) is 17.1 Å². The highest BCUT2D eigenvalue weighted by Gasteiger charge is 2.38. The first-order valence-corrected chi connectivity index (χ1v) is 9.89.